The van der Waals surface area contributed by atoms with Crippen LogP contribution in [0.5, 0.6) is 5.75 Å². The van der Waals surface area contributed by atoms with Crippen LogP contribution in [0.3, 0.4) is 0 Å². The highest BCUT2D eigenvalue weighted by atomic mass is 19.1. The molecule has 1 aromatic rings. The number of ether oxygens (including phenoxy) is 1. The summed E-state index contributed by atoms with van der Waals surface area (Å²) in [5.74, 6) is 0.230. The lowest BCUT2D eigenvalue weighted by molar-refractivity contribution is -0.123. The monoisotopic (exact) mass is 268 g/mol. The number of amides is 1. The van der Waals surface area contributed by atoms with Crippen molar-refractivity contribution in [1.29, 1.82) is 0 Å². The normalized spacial score (nSPS) is 10.6. The van der Waals surface area contributed by atoms with E-state index in [4.69, 9.17) is 10.5 Å². The number of hydrogen-bond donors (Lipinski definition) is 2. The second kappa shape index (κ2) is 7.74. The van der Waals surface area contributed by atoms with Crippen molar-refractivity contribution in [3.8, 4) is 5.75 Å². The molecule has 3 N–H and O–H groups in total. The Bertz CT molecular complexity index is 422. The lowest BCUT2D eigenvalue weighted by Gasteiger charge is -2.09. The van der Waals surface area contributed by atoms with Crippen LogP contribution in [0, 0.1) is 11.7 Å². The summed E-state index contributed by atoms with van der Waals surface area (Å²) in [6.45, 7) is 4.91. The fourth-order valence-electron chi connectivity index (χ4n) is 1.52. The van der Waals surface area contributed by atoms with Gasteiger partial charge in [0.2, 0.25) is 0 Å². The summed E-state index contributed by atoms with van der Waals surface area (Å²) in [7, 11) is 0. The third-order valence-electron chi connectivity index (χ3n) is 2.58. The lowest BCUT2D eigenvalue weighted by atomic mass is 10.1. The maximum absolute atomic E-state index is 13.2. The Morgan fingerprint density at radius 2 is 2.16 bits per heavy atom. The van der Waals surface area contributed by atoms with Crippen molar-refractivity contribution in [2.75, 3.05) is 13.2 Å². The van der Waals surface area contributed by atoms with Crippen LogP contribution in [0.1, 0.15) is 25.8 Å². The van der Waals surface area contributed by atoms with Crippen LogP contribution >= 0.6 is 0 Å². The van der Waals surface area contributed by atoms with Crippen LogP contribution < -0.4 is 15.8 Å². The number of carbonyl (C=O) groups excluding carboxylic acids is 1. The molecule has 0 aromatic heterocycles. The van der Waals surface area contributed by atoms with Gasteiger partial charge in [-0.05, 0) is 30.0 Å². The van der Waals surface area contributed by atoms with Gasteiger partial charge in [0.15, 0.2) is 6.61 Å². The molecule has 0 bridgehead atoms. The molecule has 0 saturated carbocycles. The number of nitrogens with two attached hydrogens (primary N) is 1. The first kappa shape index (κ1) is 15.4. The van der Waals surface area contributed by atoms with Crippen molar-refractivity contribution < 1.29 is 13.9 Å². The maximum Gasteiger partial charge on any atom is 0.257 e. The van der Waals surface area contributed by atoms with Gasteiger partial charge in [0.25, 0.3) is 5.91 Å². The zero-order valence-electron chi connectivity index (χ0n) is 11.4. The van der Waals surface area contributed by atoms with Gasteiger partial charge in [0.1, 0.15) is 11.6 Å². The van der Waals surface area contributed by atoms with Crippen LogP contribution in [-0.4, -0.2) is 19.1 Å². The number of hydrogen-bond acceptors (Lipinski definition) is 3. The Hall–Kier alpha value is -1.62. The van der Waals surface area contributed by atoms with E-state index in [2.05, 4.69) is 19.2 Å². The zero-order chi connectivity index (χ0) is 14.3. The maximum atomic E-state index is 13.2. The SMILES string of the molecule is CC(C)CCNC(=O)COc1cc(F)cc(CN)c1. The molecular formula is C14H21FN2O2. The van der Waals surface area contributed by atoms with Gasteiger partial charge in [0.05, 0.1) is 0 Å². The van der Waals surface area contributed by atoms with Crippen molar-refractivity contribution in [3.05, 3.63) is 29.6 Å². The Morgan fingerprint density at radius 3 is 2.79 bits per heavy atom. The minimum atomic E-state index is -0.418. The first-order valence-corrected chi connectivity index (χ1v) is 6.40. The van der Waals surface area contributed by atoms with Gasteiger partial charge in [-0.2, -0.15) is 0 Å². The van der Waals surface area contributed by atoms with E-state index in [1.54, 1.807) is 6.07 Å². The van der Waals surface area contributed by atoms with Crippen molar-refractivity contribution in [3.63, 3.8) is 0 Å². The predicted octanol–water partition coefficient (Wildman–Crippen LogP) is 1.83. The fourth-order valence-corrected chi connectivity index (χ4v) is 1.52. The molecule has 1 aromatic carbocycles. The van der Waals surface area contributed by atoms with Gasteiger partial charge in [0, 0.05) is 19.2 Å². The average Bonchev–Trinajstić information content (AvgIpc) is 2.35. The molecule has 4 nitrogen and oxygen atoms in total. The van der Waals surface area contributed by atoms with E-state index < -0.39 is 5.82 Å². The Labute approximate surface area is 113 Å². The molecule has 1 rings (SSSR count). The topological polar surface area (TPSA) is 64.3 Å². The molecule has 0 unspecified atom stereocenters. The highest BCUT2D eigenvalue weighted by molar-refractivity contribution is 5.77. The second-order valence-corrected chi connectivity index (χ2v) is 4.82. The Morgan fingerprint density at radius 1 is 1.42 bits per heavy atom. The van der Waals surface area contributed by atoms with E-state index in [1.165, 1.54) is 12.1 Å². The summed E-state index contributed by atoms with van der Waals surface area (Å²) < 4.78 is 18.4. The van der Waals surface area contributed by atoms with Gasteiger partial charge >= 0.3 is 0 Å². The van der Waals surface area contributed by atoms with Crippen LogP contribution in [0.2, 0.25) is 0 Å². The zero-order valence-corrected chi connectivity index (χ0v) is 11.4. The number of halogens is 1. The number of benzene rings is 1. The van der Waals surface area contributed by atoms with Crippen molar-refractivity contribution in [1.82, 2.24) is 5.32 Å². The van der Waals surface area contributed by atoms with Crippen LogP contribution in [0.15, 0.2) is 18.2 Å². The molecule has 0 spiro atoms. The van der Waals surface area contributed by atoms with Gasteiger partial charge in [-0.25, -0.2) is 4.39 Å². The van der Waals surface area contributed by atoms with E-state index in [0.29, 0.717) is 23.8 Å². The molecule has 0 saturated heterocycles. The van der Waals surface area contributed by atoms with Crippen LogP contribution in [-0.2, 0) is 11.3 Å². The standard InChI is InChI=1S/C14H21FN2O2/c1-10(2)3-4-17-14(18)9-19-13-6-11(8-16)5-12(15)7-13/h5-7,10H,3-4,8-9,16H2,1-2H3,(H,17,18). The molecular weight excluding hydrogens is 247 g/mol. The molecule has 0 atom stereocenters. The summed E-state index contributed by atoms with van der Waals surface area (Å²) in [4.78, 5) is 11.5. The Balaban J connectivity index is 2.39. The third kappa shape index (κ3) is 6.20. The van der Waals surface area contributed by atoms with Gasteiger partial charge < -0.3 is 15.8 Å². The molecule has 0 radical (unpaired) electrons. The van der Waals surface area contributed by atoms with E-state index in [9.17, 15) is 9.18 Å². The van der Waals surface area contributed by atoms with E-state index in [-0.39, 0.29) is 19.1 Å². The Kier molecular flexibility index (Phi) is 6.29. The first-order chi connectivity index (χ1) is 9.01. The lowest BCUT2D eigenvalue weighted by Crippen LogP contribution is -2.30. The molecule has 0 heterocycles. The molecule has 106 valence electrons. The van der Waals surface area contributed by atoms with Crippen molar-refractivity contribution >= 4 is 5.91 Å². The summed E-state index contributed by atoms with van der Waals surface area (Å²) in [5, 5.41) is 2.75. The molecule has 0 fully saturated rings. The predicted molar refractivity (Wildman–Crippen MR) is 72.3 cm³/mol. The van der Waals surface area contributed by atoms with Gasteiger partial charge in [-0.3, -0.25) is 4.79 Å². The molecule has 19 heavy (non-hydrogen) atoms. The van der Waals surface area contributed by atoms with E-state index >= 15 is 0 Å². The number of rotatable bonds is 7. The minimum absolute atomic E-state index is 0.119. The summed E-state index contributed by atoms with van der Waals surface area (Å²) in [6, 6.07) is 4.21. The van der Waals surface area contributed by atoms with Gasteiger partial charge in [-0.15, -0.1) is 0 Å². The quantitative estimate of drug-likeness (QED) is 0.793. The molecule has 0 aliphatic carbocycles. The fraction of sp³-hybridized carbons (Fsp3) is 0.500. The van der Waals surface area contributed by atoms with Crippen molar-refractivity contribution in [2.45, 2.75) is 26.8 Å². The summed E-state index contributed by atoms with van der Waals surface area (Å²) >= 11 is 0. The molecule has 0 aliphatic heterocycles. The van der Waals surface area contributed by atoms with Crippen LogP contribution in [0.4, 0.5) is 4.39 Å². The van der Waals surface area contributed by atoms with Gasteiger partial charge in [-0.1, -0.05) is 13.8 Å². The number of nitrogens with one attached hydrogen (secondary N) is 1. The smallest absolute Gasteiger partial charge is 0.257 e. The highest BCUT2D eigenvalue weighted by Crippen LogP contribution is 2.15. The highest BCUT2D eigenvalue weighted by Gasteiger charge is 2.05. The molecule has 1 amide bonds. The largest absolute Gasteiger partial charge is 0.484 e. The third-order valence-corrected chi connectivity index (χ3v) is 2.58. The van der Waals surface area contributed by atoms with Crippen LogP contribution in [0.25, 0.3) is 0 Å². The number of carbonyl (C=O) groups is 1. The summed E-state index contributed by atoms with van der Waals surface area (Å²) in [5.41, 5.74) is 6.07. The summed E-state index contributed by atoms with van der Waals surface area (Å²) in [6.07, 6.45) is 0.920. The van der Waals surface area contributed by atoms with Crippen molar-refractivity contribution in [2.24, 2.45) is 11.7 Å². The van der Waals surface area contributed by atoms with E-state index in [1.807, 2.05) is 0 Å². The molecule has 5 heteroatoms. The average molecular weight is 268 g/mol. The van der Waals surface area contributed by atoms with E-state index in [0.717, 1.165) is 6.42 Å². The molecule has 0 aliphatic rings. The minimum Gasteiger partial charge on any atom is -0.484 e. The second-order valence-electron chi connectivity index (χ2n) is 4.82. The first-order valence-electron chi connectivity index (χ1n) is 6.40.